The summed E-state index contributed by atoms with van der Waals surface area (Å²) in [5.74, 6) is 0.464. The number of phosphoric ester groups is 1. The predicted octanol–water partition coefficient (Wildman–Crippen LogP) is 1.82. The molecule has 0 bridgehead atoms. The lowest BCUT2D eigenvalue weighted by molar-refractivity contribution is 0.0676. The molecule has 1 aromatic carbocycles. The second-order valence-corrected chi connectivity index (χ2v) is 7.42. The molecule has 0 unspecified atom stereocenters. The molecule has 4 rings (SSSR count). The summed E-state index contributed by atoms with van der Waals surface area (Å²) in [6.07, 6.45) is 0.0724. The lowest BCUT2D eigenvalue weighted by Gasteiger charge is -2.31. The van der Waals surface area contributed by atoms with E-state index < -0.39 is 32.7 Å². The van der Waals surface area contributed by atoms with Crippen molar-refractivity contribution in [3.63, 3.8) is 0 Å². The van der Waals surface area contributed by atoms with Gasteiger partial charge in [0.05, 0.1) is 12.3 Å². The molecule has 2 aromatic rings. The van der Waals surface area contributed by atoms with Crippen LogP contribution < -0.4 is 9.64 Å². The van der Waals surface area contributed by atoms with E-state index in [0.717, 1.165) is 11.1 Å². The maximum absolute atomic E-state index is 12.3. The number of carbonyl (C=O) groups is 1. The number of benzene rings is 1. The van der Waals surface area contributed by atoms with Crippen LogP contribution in [0.1, 0.15) is 5.69 Å². The van der Waals surface area contributed by atoms with E-state index in [4.69, 9.17) is 24.5 Å². The first-order chi connectivity index (χ1) is 13.4. The van der Waals surface area contributed by atoms with Gasteiger partial charge in [0.2, 0.25) is 0 Å². The summed E-state index contributed by atoms with van der Waals surface area (Å²) in [6, 6.07) is 9.99. The number of aromatic nitrogens is 1. The highest BCUT2D eigenvalue weighted by Gasteiger charge is 2.47. The SMILES string of the molecule is N#Cc1ccc(-c2ccc3c(c2)OC[C@H]2[C@H](COP(=O)(O)O)OC(=O)N32)cn1. The van der Waals surface area contributed by atoms with Crippen molar-refractivity contribution >= 4 is 19.6 Å². The first kappa shape index (κ1) is 18.4. The van der Waals surface area contributed by atoms with Crippen molar-refractivity contribution in [2.45, 2.75) is 12.1 Å². The molecule has 0 aliphatic carbocycles. The highest BCUT2D eigenvalue weighted by Crippen LogP contribution is 2.42. The van der Waals surface area contributed by atoms with E-state index in [1.165, 1.54) is 4.90 Å². The molecule has 1 saturated heterocycles. The number of amides is 1. The van der Waals surface area contributed by atoms with Gasteiger partial charge in [-0.05, 0) is 29.8 Å². The molecule has 28 heavy (non-hydrogen) atoms. The van der Waals surface area contributed by atoms with Gasteiger partial charge < -0.3 is 19.3 Å². The standard InChI is InChI=1S/C17H14N3O7P/c18-6-12-3-1-11(7-19-12)10-2-4-13-15(5-10)25-8-14-16(9-26-28(22,23)24)27-17(21)20(13)14/h1-5,7,14,16H,8-9H2,(H2,22,23,24)/t14-,16-/m0/s1. The van der Waals surface area contributed by atoms with Gasteiger partial charge in [0.1, 0.15) is 30.2 Å². The van der Waals surface area contributed by atoms with Gasteiger partial charge in [-0.25, -0.2) is 14.3 Å². The Morgan fingerprint density at radius 2 is 2.11 bits per heavy atom. The number of phosphoric acid groups is 1. The fourth-order valence-electron chi connectivity index (χ4n) is 3.16. The topological polar surface area (TPSA) is 142 Å². The van der Waals surface area contributed by atoms with E-state index in [2.05, 4.69) is 9.51 Å². The first-order valence-electron chi connectivity index (χ1n) is 8.19. The second-order valence-electron chi connectivity index (χ2n) is 6.18. The molecule has 1 amide bonds. The third kappa shape index (κ3) is 3.44. The molecule has 0 spiro atoms. The normalized spacial score (nSPS) is 20.6. The molecular weight excluding hydrogens is 389 g/mol. The molecule has 2 N–H and O–H groups in total. The molecule has 0 saturated carbocycles. The maximum atomic E-state index is 12.3. The Kier molecular flexibility index (Phi) is 4.53. The fourth-order valence-corrected chi connectivity index (χ4v) is 3.50. The first-order valence-corrected chi connectivity index (χ1v) is 9.72. The van der Waals surface area contributed by atoms with Crippen molar-refractivity contribution in [2.24, 2.45) is 0 Å². The van der Waals surface area contributed by atoms with E-state index in [1.807, 2.05) is 6.07 Å². The third-order valence-corrected chi connectivity index (χ3v) is 4.94. The summed E-state index contributed by atoms with van der Waals surface area (Å²) in [6.45, 7) is -0.353. The zero-order chi connectivity index (χ0) is 19.9. The molecule has 2 aliphatic heterocycles. The fraction of sp³-hybridized carbons (Fsp3) is 0.235. The summed E-state index contributed by atoms with van der Waals surface area (Å²) in [5.41, 5.74) is 2.38. The van der Waals surface area contributed by atoms with E-state index in [1.54, 1.807) is 36.5 Å². The van der Waals surface area contributed by atoms with Crippen molar-refractivity contribution in [3.05, 3.63) is 42.2 Å². The Bertz CT molecular complexity index is 1010. The number of carbonyl (C=O) groups excluding carboxylic acids is 1. The molecule has 144 valence electrons. The van der Waals surface area contributed by atoms with Gasteiger partial charge in [-0.2, -0.15) is 5.26 Å². The average molecular weight is 403 g/mol. The van der Waals surface area contributed by atoms with Gasteiger partial charge in [0.15, 0.2) is 6.10 Å². The van der Waals surface area contributed by atoms with Crippen LogP contribution in [0.15, 0.2) is 36.5 Å². The van der Waals surface area contributed by atoms with Crippen LogP contribution in [-0.4, -0.2) is 46.2 Å². The van der Waals surface area contributed by atoms with Gasteiger partial charge in [-0.15, -0.1) is 0 Å². The van der Waals surface area contributed by atoms with Crippen molar-refractivity contribution in [1.29, 1.82) is 5.26 Å². The number of hydrogen-bond donors (Lipinski definition) is 2. The molecule has 1 fully saturated rings. The van der Waals surface area contributed by atoms with Crippen LogP contribution in [-0.2, 0) is 13.8 Å². The van der Waals surface area contributed by atoms with Gasteiger partial charge in [0.25, 0.3) is 0 Å². The Hall–Kier alpha value is -2.96. The summed E-state index contributed by atoms with van der Waals surface area (Å²) in [4.78, 5) is 35.4. The van der Waals surface area contributed by atoms with E-state index in [-0.39, 0.29) is 6.61 Å². The number of pyridine rings is 1. The minimum Gasteiger partial charge on any atom is -0.489 e. The minimum absolute atomic E-state index is 0.0863. The lowest BCUT2D eigenvalue weighted by atomic mass is 10.0. The molecule has 11 heteroatoms. The number of ether oxygens (including phenoxy) is 2. The third-order valence-electron chi connectivity index (χ3n) is 4.46. The molecule has 2 atom stereocenters. The van der Waals surface area contributed by atoms with E-state index in [0.29, 0.717) is 17.1 Å². The quantitative estimate of drug-likeness (QED) is 0.731. The molecule has 1 aromatic heterocycles. The molecular formula is C17H14N3O7P. The van der Waals surface area contributed by atoms with Crippen molar-refractivity contribution in [1.82, 2.24) is 4.98 Å². The Balaban J connectivity index is 1.59. The van der Waals surface area contributed by atoms with Crippen molar-refractivity contribution in [3.8, 4) is 22.9 Å². The van der Waals surface area contributed by atoms with E-state index >= 15 is 0 Å². The van der Waals surface area contributed by atoms with E-state index in [9.17, 15) is 9.36 Å². The molecule has 0 radical (unpaired) electrons. The van der Waals surface area contributed by atoms with Crippen molar-refractivity contribution < 1.29 is 33.1 Å². The van der Waals surface area contributed by atoms with Crippen LogP contribution in [0.4, 0.5) is 10.5 Å². The number of nitrogens with zero attached hydrogens (tertiary/aromatic N) is 3. The number of nitriles is 1. The number of anilines is 1. The monoisotopic (exact) mass is 403 g/mol. The van der Waals surface area contributed by atoms with Crippen LogP contribution in [0.25, 0.3) is 11.1 Å². The molecule has 2 aliphatic rings. The Morgan fingerprint density at radius 1 is 1.32 bits per heavy atom. The number of rotatable bonds is 4. The Labute approximate surface area is 159 Å². The highest BCUT2D eigenvalue weighted by molar-refractivity contribution is 7.46. The minimum atomic E-state index is -4.67. The predicted molar refractivity (Wildman–Crippen MR) is 94.4 cm³/mol. The maximum Gasteiger partial charge on any atom is 0.469 e. The number of cyclic esters (lactones) is 1. The summed E-state index contributed by atoms with van der Waals surface area (Å²) < 4.78 is 26.3. The smallest absolute Gasteiger partial charge is 0.469 e. The van der Waals surface area contributed by atoms with Crippen LogP contribution in [0.2, 0.25) is 0 Å². The van der Waals surface area contributed by atoms with Gasteiger partial charge in [-0.1, -0.05) is 6.07 Å². The zero-order valence-corrected chi connectivity index (χ0v) is 15.2. The zero-order valence-electron chi connectivity index (χ0n) is 14.3. The largest absolute Gasteiger partial charge is 0.489 e. The van der Waals surface area contributed by atoms with Crippen LogP contribution in [0, 0.1) is 11.3 Å². The van der Waals surface area contributed by atoms with Crippen LogP contribution >= 0.6 is 7.82 Å². The highest BCUT2D eigenvalue weighted by atomic mass is 31.2. The van der Waals surface area contributed by atoms with Crippen LogP contribution in [0.5, 0.6) is 5.75 Å². The molecule has 10 nitrogen and oxygen atoms in total. The molecule has 3 heterocycles. The summed E-state index contributed by atoms with van der Waals surface area (Å²) in [7, 11) is -4.67. The average Bonchev–Trinajstić information content (AvgIpc) is 3.01. The number of fused-ring (bicyclic) bond motifs is 3. The summed E-state index contributed by atoms with van der Waals surface area (Å²) in [5, 5.41) is 8.84. The van der Waals surface area contributed by atoms with Gasteiger partial charge in [0, 0.05) is 11.8 Å². The van der Waals surface area contributed by atoms with Crippen molar-refractivity contribution in [2.75, 3.05) is 18.1 Å². The summed E-state index contributed by atoms with van der Waals surface area (Å²) >= 11 is 0. The lowest BCUT2D eigenvalue weighted by Crippen LogP contribution is -2.45. The Morgan fingerprint density at radius 3 is 2.79 bits per heavy atom. The van der Waals surface area contributed by atoms with Gasteiger partial charge >= 0.3 is 13.9 Å². The van der Waals surface area contributed by atoms with Crippen LogP contribution in [0.3, 0.4) is 0 Å². The second kappa shape index (κ2) is 6.89. The number of hydrogen-bond acceptors (Lipinski definition) is 7. The van der Waals surface area contributed by atoms with Gasteiger partial charge in [-0.3, -0.25) is 9.42 Å².